The smallest absolute Gasteiger partial charge is 0.311 e. The third-order valence-electron chi connectivity index (χ3n) is 3.11. The SMILES string of the molecule is CCOC(=O)C(C)(C)CCS(=O)(=O)N(C)CCCSC. The summed E-state index contributed by atoms with van der Waals surface area (Å²) in [6, 6.07) is 0. The van der Waals surface area contributed by atoms with Gasteiger partial charge in [0, 0.05) is 13.6 Å². The lowest BCUT2D eigenvalue weighted by atomic mass is 9.90. The number of hydrogen-bond donors (Lipinski definition) is 0. The van der Waals surface area contributed by atoms with Crippen LogP contribution in [0, 0.1) is 5.41 Å². The van der Waals surface area contributed by atoms with E-state index in [-0.39, 0.29) is 18.1 Å². The molecule has 0 aromatic rings. The molecule has 0 bridgehead atoms. The van der Waals surface area contributed by atoms with Crippen LogP contribution in [0.1, 0.15) is 33.6 Å². The third kappa shape index (κ3) is 6.95. The standard InChI is InChI=1S/C13H27NO4S2/c1-6-18-12(15)13(2,3)8-11-20(16,17)14(4)9-7-10-19-5/h6-11H2,1-5H3. The van der Waals surface area contributed by atoms with E-state index in [1.807, 2.05) is 6.26 Å². The lowest BCUT2D eigenvalue weighted by molar-refractivity contribution is -0.153. The van der Waals surface area contributed by atoms with Crippen molar-refractivity contribution < 1.29 is 17.9 Å². The Morgan fingerprint density at radius 2 is 1.95 bits per heavy atom. The van der Waals surface area contributed by atoms with Crippen LogP contribution in [0.15, 0.2) is 0 Å². The summed E-state index contributed by atoms with van der Waals surface area (Å²) < 4.78 is 30.6. The molecule has 0 aliphatic heterocycles. The molecular formula is C13H27NO4S2. The van der Waals surface area contributed by atoms with Crippen molar-refractivity contribution in [1.29, 1.82) is 0 Å². The highest BCUT2D eigenvalue weighted by Crippen LogP contribution is 2.23. The van der Waals surface area contributed by atoms with Crippen molar-refractivity contribution in [3.8, 4) is 0 Å². The van der Waals surface area contributed by atoms with E-state index in [1.165, 1.54) is 4.31 Å². The highest BCUT2D eigenvalue weighted by atomic mass is 32.2. The average molecular weight is 325 g/mol. The van der Waals surface area contributed by atoms with Crippen molar-refractivity contribution in [2.45, 2.75) is 33.6 Å². The maximum Gasteiger partial charge on any atom is 0.311 e. The summed E-state index contributed by atoms with van der Waals surface area (Å²) in [5.74, 6) is 0.559. The largest absolute Gasteiger partial charge is 0.466 e. The molecule has 0 aliphatic rings. The second kappa shape index (κ2) is 8.89. The molecule has 0 saturated carbocycles. The molecule has 0 N–H and O–H groups in total. The number of hydrogen-bond acceptors (Lipinski definition) is 5. The maximum absolute atomic E-state index is 12.1. The van der Waals surface area contributed by atoms with Crippen LogP contribution in [-0.2, 0) is 19.6 Å². The van der Waals surface area contributed by atoms with Crippen molar-refractivity contribution in [2.75, 3.05) is 38.0 Å². The first-order valence-electron chi connectivity index (χ1n) is 6.77. The van der Waals surface area contributed by atoms with Gasteiger partial charge in [-0.05, 0) is 45.6 Å². The molecule has 7 heteroatoms. The van der Waals surface area contributed by atoms with Gasteiger partial charge in [-0.15, -0.1) is 0 Å². The summed E-state index contributed by atoms with van der Waals surface area (Å²) in [5.41, 5.74) is -0.775. The van der Waals surface area contributed by atoms with Crippen molar-refractivity contribution in [1.82, 2.24) is 4.31 Å². The van der Waals surface area contributed by atoms with Crippen LogP contribution in [0.4, 0.5) is 0 Å². The zero-order valence-corrected chi connectivity index (χ0v) is 14.8. The molecular weight excluding hydrogens is 298 g/mol. The first kappa shape index (κ1) is 19.7. The average Bonchev–Trinajstić information content (AvgIpc) is 2.37. The summed E-state index contributed by atoms with van der Waals surface area (Å²) in [4.78, 5) is 11.7. The second-order valence-electron chi connectivity index (χ2n) is 5.34. The molecule has 0 saturated heterocycles. The van der Waals surface area contributed by atoms with Gasteiger partial charge in [-0.2, -0.15) is 11.8 Å². The van der Waals surface area contributed by atoms with E-state index in [1.54, 1.807) is 39.6 Å². The first-order valence-corrected chi connectivity index (χ1v) is 9.78. The zero-order chi connectivity index (χ0) is 15.8. The van der Waals surface area contributed by atoms with E-state index >= 15 is 0 Å². The number of ether oxygens (including phenoxy) is 1. The van der Waals surface area contributed by atoms with E-state index in [0.717, 1.165) is 12.2 Å². The van der Waals surface area contributed by atoms with Crippen LogP contribution in [0.2, 0.25) is 0 Å². The van der Waals surface area contributed by atoms with Crippen molar-refractivity contribution >= 4 is 27.8 Å². The Bertz CT molecular complexity index is 393. The molecule has 20 heavy (non-hydrogen) atoms. The molecule has 0 heterocycles. The van der Waals surface area contributed by atoms with Crippen LogP contribution in [0.3, 0.4) is 0 Å². The molecule has 0 amide bonds. The van der Waals surface area contributed by atoms with Gasteiger partial charge in [0.05, 0.1) is 17.8 Å². The molecule has 0 unspecified atom stereocenters. The number of carbonyl (C=O) groups is 1. The molecule has 0 rings (SSSR count). The molecule has 0 aromatic heterocycles. The molecule has 0 aliphatic carbocycles. The Balaban J connectivity index is 4.43. The monoisotopic (exact) mass is 325 g/mol. The fourth-order valence-corrected chi connectivity index (χ4v) is 3.44. The molecule has 0 spiro atoms. The normalized spacial score (nSPS) is 12.7. The lowest BCUT2D eigenvalue weighted by Gasteiger charge is -2.24. The fourth-order valence-electron chi connectivity index (χ4n) is 1.54. The summed E-state index contributed by atoms with van der Waals surface area (Å²) in [6.45, 7) is 6.00. The van der Waals surface area contributed by atoms with Gasteiger partial charge in [-0.1, -0.05) is 0 Å². The van der Waals surface area contributed by atoms with Gasteiger partial charge >= 0.3 is 5.97 Å². The number of sulfonamides is 1. The van der Waals surface area contributed by atoms with Gasteiger partial charge < -0.3 is 4.74 Å². The molecule has 5 nitrogen and oxygen atoms in total. The third-order valence-corrected chi connectivity index (χ3v) is 5.66. The minimum atomic E-state index is -3.31. The van der Waals surface area contributed by atoms with Crippen LogP contribution < -0.4 is 0 Å². The predicted molar refractivity (Wildman–Crippen MR) is 84.4 cm³/mol. The minimum absolute atomic E-state index is 0.0332. The van der Waals surface area contributed by atoms with Gasteiger partial charge in [-0.3, -0.25) is 4.79 Å². The van der Waals surface area contributed by atoms with E-state index in [4.69, 9.17) is 4.74 Å². The quantitative estimate of drug-likeness (QED) is 0.454. The Kier molecular flexibility index (Phi) is 8.77. The van der Waals surface area contributed by atoms with Crippen LogP contribution in [0.25, 0.3) is 0 Å². The Hall–Kier alpha value is -0.270. The maximum atomic E-state index is 12.1. The summed E-state index contributed by atoms with van der Waals surface area (Å²) >= 11 is 1.70. The van der Waals surface area contributed by atoms with Crippen molar-refractivity contribution in [2.24, 2.45) is 5.41 Å². The van der Waals surface area contributed by atoms with Gasteiger partial charge in [0.1, 0.15) is 0 Å². The van der Waals surface area contributed by atoms with Crippen molar-refractivity contribution in [3.63, 3.8) is 0 Å². The van der Waals surface area contributed by atoms with Crippen LogP contribution >= 0.6 is 11.8 Å². The number of esters is 1. The van der Waals surface area contributed by atoms with E-state index in [0.29, 0.717) is 13.2 Å². The predicted octanol–water partition coefficient (Wildman–Crippen LogP) is 1.98. The molecule has 0 atom stereocenters. The highest BCUT2D eigenvalue weighted by molar-refractivity contribution is 7.98. The first-order chi connectivity index (χ1) is 9.17. The van der Waals surface area contributed by atoms with Gasteiger partial charge in [0.2, 0.25) is 10.0 Å². The van der Waals surface area contributed by atoms with Gasteiger partial charge in [0.15, 0.2) is 0 Å². The summed E-state index contributed by atoms with van der Waals surface area (Å²) in [6.07, 6.45) is 3.09. The zero-order valence-electron chi connectivity index (χ0n) is 13.1. The Labute approximate surface area is 127 Å². The molecule has 0 radical (unpaired) electrons. The van der Waals surface area contributed by atoms with Crippen molar-refractivity contribution in [3.05, 3.63) is 0 Å². The fraction of sp³-hybridized carbons (Fsp3) is 0.923. The minimum Gasteiger partial charge on any atom is -0.466 e. The topological polar surface area (TPSA) is 63.7 Å². The Morgan fingerprint density at radius 1 is 1.35 bits per heavy atom. The van der Waals surface area contributed by atoms with E-state index in [9.17, 15) is 13.2 Å². The Morgan fingerprint density at radius 3 is 2.45 bits per heavy atom. The number of nitrogens with zero attached hydrogens (tertiary/aromatic N) is 1. The van der Waals surface area contributed by atoms with Gasteiger partial charge in [-0.25, -0.2) is 12.7 Å². The molecule has 0 fully saturated rings. The molecule has 120 valence electrons. The van der Waals surface area contributed by atoms with Crippen LogP contribution in [-0.4, -0.2) is 56.7 Å². The van der Waals surface area contributed by atoms with E-state index in [2.05, 4.69) is 0 Å². The molecule has 0 aromatic carbocycles. The summed E-state index contributed by atoms with van der Waals surface area (Å²) in [7, 11) is -1.72. The van der Waals surface area contributed by atoms with E-state index < -0.39 is 15.4 Å². The lowest BCUT2D eigenvalue weighted by Crippen LogP contribution is -2.34. The van der Waals surface area contributed by atoms with Gasteiger partial charge in [0.25, 0.3) is 0 Å². The second-order valence-corrected chi connectivity index (χ2v) is 8.52. The van der Waals surface area contributed by atoms with Crippen LogP contribution in [0.5, 0.6) is 0 Å². The number of carbonyl (C=O) groups excluding carboxylic acids is 1. The number of thioether (sulfide) groups is 1. The highest BCUT2D eigenvalue weighted by Gasteiger charge is 2.31. The number of rotatable bonds is 10. The summed E-state index contributed by atoms with van der Waals surface area (Å²) in [5, 5.41) is 0.